The zero-order valence-electron chi connectivity index (χ0n) is 9.29. The van der Waals surface area contributed by atoms with Crippen molar-refractivity contribution < 1.29 is 13.5 Å². The molecule has 0 heterocycles. The van der Waals surface area contributed by atoms with Gasteiger partial charge in [0.05, 0.1) is 4.47 Å². The van der Waals surface area contributed by atoms with Crippen LogP contribution in [0, 0.1) is 11.6 Å². The lowest BCUT2D eigenvalue weighted by Gasteiger charge is -2.10. The van der Waals surface area contributed by atoms with Crippen molar-refractivity contribution in [3.05, 3.63) is 58.1 Å². The van der Waals surface area contributed by atoms with Crippen molar-refractivity contribution >= 4 is 21.6 Å². The van der Waals surface area contributed by atoms with Gasteiger partial charge in [-0.25, -0.2) is 8.78 Å². The Hall–Kier alpha value is -1.62. The predicted molar refractivity (Wildman–Crippen MR) is 69.2 cm³/mol. The Morgan fingerprint density at radius 3 is 2.67 bits per heavy atom. The number of nitrogen functional groups attached to an aromatic ring is 1. The van der Waals surface area contributed by atoms with Crippen LogP contribution < -0.4 is 10.5 Å². The van der Waals surface area contributed by atoms with Crippen LogP contribution in [-0.2, 0) is 6.61 Å². The standard InChI is InChI=1S/C13H10BrF2NO/c14-10-5-4-8(15)6-13(10)18-7-9-11(16)2-1-3-12(9)17/h1-6H,7,17H2. The first-order chi connectivity index (χ1) is 8.58. The molecule has 0 saturated carbocycles. The number of benzene rings is 2. The molecule has 2 aromatic rings. The maximum atomic E-state index is 13.5. The minimum atomic E-state index is -0.442. The third-order valence-corrected chi connectivity index (χ3v) is 3.08. The Labute approximate surface area is 112 Å². The topological polar surface area (TPSA) is 35.2 Å². The SMILES string of the molecule is Nc1cccc(F)c1COc1cc(F)ccc1Br. The van der Waals surface area contributed by atoms with Gasteiger partial charge >= 0.3 is 0 Å². The first-order valence-corrected chi connectivity index (χ1v) is 5.98. The number of anilines is 1. The summed E-state index contributed by atoms with van der Waals surface area (Å²) < 4.78 is 32.5. The van der Waals surface area contributed by atoms with E-state index in [2.05, 4.69) is 15.9 Å². The fraction of sp³-hybridized carbons (Fsp3) is 0.0769. The van der Waals surface area contributed by atoms with Gasteiger partial charge in [-0.2, -0.15) is 0 Å². The molecule has 0 aliphatic carbocycles. The molecular weight excluding hydrogens is 304 g/mol. The fourth-order valence-corrected chi connectivity index (χ4v) is 1.83. The van der Waals surface area contributed by atoms with Gasteiger partial charge in [-0.1, -0.05) is 6.07 Å². The van der Waals surface area contributed by atoms with Crippen molar-refractivity contribution in [1.82, 2.24) is 0 Å². The van der Waals surface area contributed by atoms with Gasteiger partial charge in [0.25, 0.3) is 0 Å². The third kappa shape index (κ3) is 2.79. The van der Waals surface area contributed by atoms with Gasteiger partial charge in [0, 0.05) is 17.3 Å². The lowest BCUT2D eigenvalue weighted by atomic mass is 10.2. The molecule has 0 spiro atoms. The molecular formula is C13H10BrF2NO. The minimum Gasteiger partial charge on any atom is -0.487 e. The van der Waals surface area contributed by atoms with E-state index >= 15 is 0 Å². The third-order valence-electron chi connectivity index (χ3n) is 2.42. The normalized spacial score (nSPS) is 10.4. The molecule has 0 aliphatic heterocycles. The summed E-state index contributed by atoms with van der Waals surface area (Å²) >= 11 is 3.22. The molecule has 0 amide bonds. The second-order valence-corrected chi connectivity index (χ2v) is 4.53. The Morgan fingerprint density at radius 2 is 1.94 bits per heavy atom. The summed E-state index contributed by atoms with van der Waals surface area (Å²) in [6.45, 7) is -0.0550. The van der Waals surface area contributed by atoms with E-state index in [0.717, 1.165) is 0 Å². The van der Waals surface area contributed by atoms with Crippen LogP contribution in [0.25, 0.3) is 0 Å². The number of rotatable bonds is 3. The molecule has 2 aromatic carbocycles. The number of hydrogen-bond acceptors (Lipinski definition) is 2. The molecule has 2 nitrogen and oxygen atoms in total. The van der Waals surface area contributed by atoms with Gasteiger partial charge in [0.2, 0.25) is 0 Å². The highest BCUT2D eigenvalue weighted by Gasteiger charge is 2.09. The number of nitrogens with two attached hydrogens (primary N) is 1. The van der Waals surface area contributed by atoms with Crippen molar-refractivity contribution in [3.63, 3.8) is 0 Å². The zero-order valence-corrected chi connectivity index (χ0v) is 10.9. The summed E-state index contributed by atoms with van der Waals surface area (Å²) in [5.41, 5.74) is 6.21. The molecule has 0 aliphatic rings. The maximum Gasteiger partial charge on any atom is 0.136 e. The highest BCUT2D eigenvalue weighted by atomic mass is 79.9. The van der Waals surface area contributed by atoms with Crippen LogP contribution in [0.3, 0.4) is 0 Å². The molecule has 0 aromatic heterocycles. The first kappa shape index (κ1) is 12.8. The molecule has 0 fully saturated rings. The van der Waals surface area contributed by atoms with E-state index in [0.29, 0.717) is 15.9 Å². The first-order valence-electron chi connectivity index (χ1n) is 5.18. The number of halogens is 3. The predicted octanol–water partition coefficient (Wildman–Crippen LogP) is 3.89. The molecule has 0 radical (unpaired) electrons. The van der Waals surface area contributed by atoms with Crippen LogP contribution in [-0.4, -0.2) is 0 Å². The molecule has 0 atom stereocenters. The van der Waals surface area contributed by atoms with E-state index < -0.39 is 11.6 Å². The highest BCUT2D eigenvalue weighted by molar-refractivity contribution is 9.10. The van der Waals surface area contributed by atoms with Crippen molar-refractivity contribution in [2.75, 3.05) is 5.73 Å². The van der Waals surface area contributed by atoms with Crippen molar-refractivity contribution in [2.24, 2.45) is 0 Å². The van der Waals surface area contributed by atoms with Crippen molar-refractivity contribution in [1.29, 1.82) is 0 Å². The molecule has 2 rings (SSSR count). The van der Waals surface area contributed by atoms with Crippen LogP contribution in [0.4, 0.5) is 14.5 Å². The average Bonchev–Trinajstić information content (AvgIpc) is 2.33. The average molecular weight is 314 g/mol. The van der Waals surface area contributed by atoms with E-state index in [1.54, 1.807) is 6.07 Å². The van der Waals surface area contributed by atoms with Crippen LogP contribution in [0.15, 0.2) is 40.9 Å². The van der Waals surface area contributed by atoms with Crippen LogP contribution >= 0.6 is 15.9 Å². The Kier molecular flexibility index (Phi) is 3.81. The summed E-state index contributed by atoms with van der Waals surface area (Å²) in [6.07, 6.45) is 0. The molecule has 2 N–H and O–H groups in total. The summed E-state index contributed by atoms with van der Waals surface area (Å²) in [5, 5.41) is 0. The Bertz CT molecular complexity index is 555. The molecule has 0 bridgehead atoms. The number of ether oxygens (including phenoxy) is 1. The van der Waals surface area contributed by atoms with Crippen LogP contribution in [0.2, 0.25) is 0 Å². The Balaban J connectivity index is 2.19. The largest absolute Gasteiger partial charge is 0.487 e. The number of hydrogen-bond donors (Lipinski definition) is 1. The van der Waals surface area contributed by atoms with Gasteiger partial charge in [0.15, 0.2) is 0 Å². The summed E-state index contributed by atoms with van der Waals surface area (Å²) in [7, 11) is 0. The molecule has 94 valence electrons. The van der Waals surface area contributed by atoms with Gasteiger partial charge in [-0.3, -0.25) is 0 Å². The van der Waals surface area contributed by atoms with E-state index in [4.69, 9.17) is 10.5 Å². The van der Waals surface area contributed by atoms with E-state index in [1.165, 1.54) is 30.3 Å². The maximum absolute atomic E-state index is 13.5. The van der Waals surface area contributed by atoms with Crippen LogP contribution in [0.1, 0.15) is 5.56 Å². The van der Waals surface area contributed by atoms with Gasteiger partial charge < -0.3 is 10.5 Å². The smallest absolute Gasteiger partial charge is 0.136 e. The second kappa shape index (κ2) is 5.35. The molecule has 0 unspecified atom stereocenters. The molecule has 18 heavy (non-hydrogen) atoms. The van der Waals surface area contributed by atoms with Gasteiger partial charge in [0.1, 0.15) is 24.0 Å². The quantitative estimate of drug-likeness (QED) is 0.873. The fourth-order valence-electron chi connectivity index (χ4n) is 1.47. The zero-order chi connectivity index (χ0) is 13.1. The molecule has 0 saturated heterocycles. The monoisotopic (exact) mass is 313 g/mol. The van der Waals surface area contributed by atoms with E-state index in [1.807, 2.05) is 0 Å². The molecule has 5 heteroatoms. The second-order valence-electron chi connectivity index (χ2n) is 3.67. The summed E-state index contributed by atoms with van der Waals surface area (Å²) in [6, 6.07) is 8.45. The lowest BCUT2D eigenvalue weighted by molar-refractivity contribution is 0.297. The van der Waals surface area contributed by atoms with Gasteiger partial charge in [-0.15, -0.1) is 0 Å². The summed E-state index contributed by atoms with van der Waals surface area (Å²) in [5.74, 6) is -0.560. The van der Waals surface area contributed by atoms with E-state index in [9.17, 15) is 8.78 Å². The van der Waals surface area contributed by atoms with Crippen molar-refractivity contribution in [3.8, 4) is 5.75 Å². The lowest BCUT2D eigenvalue weighted by Crippen LogP contribution is -2.03. The van der Waals surface area contributed by atoms with Gasteiger partial charge in [-0.05, 0) is 40.2 Å². The van der Waals surface area contributed by atoms with Crippen molar-refractivity contribution in [2.45, 2.75) is 6.61 Å². The van der Waals surface area contributed by atoms with E-state index in [-0.39, 0.29) is 12.2 Å². The van der Waals surface area contributed by atoms with Crippen LogP contribution in [0.5, 0.6) is 5.75 Å². The highest BCUT2D eigenvalue weighted by Crippen LogP contribution is 2.27. The minimum absolute atomic E-state index is 0.0550. The summed E-state index contributed by atoms with van der Waals surface area (Å²) in [4.78, 5) is 0. The Morgan fingerprint density at radius 1 is 1.17 bits per heavy atom.